The number of aromatic nitrogens is 2. The molecule has 1 aromatic heterocycles. The third kappa shape index (κ3) is 5.00. The molecule has 0 atom stereocenters. The highest BCUT2D eigenvalue weighted by molar-refractivity contribution is 5.59. The molecule has 0 unspecified atom stereocenters. The normalized spacial score (nSPS) is 10.7. The molecule has 0 amide bonds. The van der Waals surface area contributed by atoms with Crippen LogP contribution in [0.2, 0.25) is 0 Å². The van der Waals surface area contributed by atoms with Crippen LogP contribution in [0.3, 0.4) is 0 Å². The van der Waals surface area contributed by atoms with Gasteiger partial charge >= 0.3 is 0 Å². The summed E-state index contributed by atoms with van der Waals surface area (Å²) in [7, 11) is 4.16. The summed E-state index contributed by atoms with van der Waals surface area (Å²) in [4.78, 5) is 11.0. The Bertz CT molecular complexity index is 583. The van der Waals surface area contributed by atoms with Crippen LogP contribution >= 0.6 is 0 Å². The molecule has 2 N–H and O–H groups in total. The minimum Gasteiger partial charge on any atom is -0.370 e. The van der Waals surface area contributed by atoms with E-state index in [4.69, 9.17) is 0 Å². The van der Waals surface area contributed by atoms with Crippen LogP contribution in [0.1, 0.15) is 18.9 Å². The molecule has 2 rings (SSSR count). The summed E-state index contributed by atoms with van der Waals surface area (Å²) in [5.74, 6) is 1.48. The van der Waals surface area contributed by atoms with Gasteiger partial charge in [-0.2, -0.15) is 4.98 Å². The molecule has 1 heterocycles. The van der Waals surface area contributed by atoms with Gasteiger partial charge in [-0.15, -0.1) is 0 Å². The highest BCUT2D eigenvalue weighted by Crippen LogP contribution is 2.19. The second kappa shape index (κ2) is 8.34. The van der Waals surface area contributed by atoms with Gasteiger partial charge in [-0.1, -0.05) is 25.1 Å². The van der Waals surface area contributed by atoms with Gasteiger partial charge in [-0.05, 0) is 51.2 Å². The van der Waals surface area contributed by atoms with Crippen LogP contribution in [0.4, 0.5) is 17.5 Å². The second-order valence-corrected chi connectivity index (χ2v) is 5.48. The first-order valence-corrected chi connectivity index (χ1v) is 7.75. The Hall–Kier alpha value is -2.14. The van der Waals surface area contributed by atoms with E-state index in [0.717, 1.165) is 37.4 Å². The number of hydrogen-bond acceptors (Lipinski definition) is 5. The molecular formula is C17H25N5. The Morgan fingerprint density at radius 1 is 1.14 bits per heavy atom. The molecule has 0 aliphatic carbocycles. The number of benzene rings is 1. The molecule has 0 spiro atoms. The third-order valence-corrected chi connectivity index (χ3v) is 3.39. The fraction of sp³-hybridized carbons (Fsp3) is 0.412. The van der Waals surface area contributed by atoms with Gasteiger partial charge in [0.05, 0.1) is 0 Å². The Balaban J connectivity index is 1.96. The SMILES string of the molecule is CCc1ccccc1Nc1nccc(NCCCN(C)C)n1. The first-order valence-electron chi connectivity index (χ1n) is 7.75. The minimum atomic E-state index is 0.624. The largest absolute Gasteiger partial charge is 0.370 e. The van der Waals surface area contributed by atoms with E-state index >= 15 is 0 Å². The van der Waals surface area contributed by atoms with Crippen molar-refractivity contribution in [2.75, 3.05) is 37.8 Å². The summed E-state index contributed by atoms with van der Waals surface area (Å²) in [6, 6.07) is 10.1. The monoisotopic (exact) mass is 299 g/mol. The molecule has 0 aliphatic rings. The van der Waals surface area contributed by atoms with E-state index in [1.165, 1.54) is 5.56 Å². The van der Waals surface area contributed by atoms with E-state index in [1.54, 1.807) is 6.20 Å². The molecule has 0 fully saturated rings. The number of hydrogen-bond donors (Lipinski definition) is 2. The average molecular weight is 299 g/mol. The van der Waals surface area contributed by atoms with Crippen molar-refractivity contribution in [2.24, 2.45) is 0 Å². The zero-order chi connectivity index (χ0) is 15.8. The molecule has 118 valence electrons. The van der Waals surface area contributed by atoms with Crippen molar-refractivity contribution in [3.8, 4) is 0 Å². The van der Waals surface area contributed by atoms with E-state index in [-0.39, 0.29) is 0 Å². The molecule has 0 radical (unpaired) electrons. The smallest absolute Gasteiger partial charge is 0.229 e. The molecule has 0 bridgehead atoms. The topological polar surface area (TPSA) is 53.1 Å². The highest BCUT2D eigenvalue weighted by atomic mass is 15.1. The number of aryl methyl sites for hydroxylation is 1. The van der Waals surface area contributed by atoms with Crippen LogP contribution in [0.15, 0.2) is 36.5 Å². The van der Waals surface area contributed by atoms with Gasteiger partial charge in [0.1, 0.15) is 5.82 Å². The van der Waals surface area contributed by atoms with Gasteiger partial charge in [0, 0.05) is 18.4 Å². The first kappa shape index (κ1) is 16.2. The van der Waals surface area contributed by atoms with Crippen LogP contribution < -0.4 is 10.6 Å². The van der Waals surface area contributed by atoms with E-state index < -0.39 is 0 Å². The van der Waals surface area contributed by atoms with Crippen molar-refractivity contribution in [1.29, 1.82) is 0 Å². The highest BCUT2D eigenvalue weighted by Gasteiger charge is 2.03. The predicted molar refractivity (Wildman–Crippen MR) is 92.8 cm³/mol. The molecule has 0 saturated heterocycles. The first-order chi connectivity index (χ1) is 10.7. The second-order valence-electron chi connectivity index (χ2n) is 5.48. The Kier molecular flexibility index (Phi) is 6.15. The summed E-state index contributed by atoms with van der Waals surface area (Å²) < 4.78 is 0. The van der Waals surface area contributed by atoms with E-state index in [1.807, 2.05) is 18.2 Å². The Morgan fingerprint density at radius 2 is 1.95 bits per heavy atom. The molecule has 1 aromatic carbocycles. The van der Waals surface area contributed by atoms with Crippen LogP contribution in [-0.2, 0) is 6.42 Å². The maximum absolute atomic E-state index is 4.51. The zero-order valence-electron chi connectivity index (χ0n) is 13.6. The summed E-state index contributed by atoms with van der Waals surface area (Å²) >= 11 is 0. The third-order valence-electron chi connectivity index (χ3n) is 3.39. The zero-order valence-corrected chi connectivity index (χ0v) is 13.6. The average Bonchev–Trinajstić information content (AvgIpc) is 2.52. The molecule has 5 nitrogen and oxygen atoms in total. The molecular weight excluding hydrogens is 274 g/mol. The van der Waals surface area contributed by atoms with Crippen molar-refractivity contribution >= 4 is 17.5 Å². The van der Waals surface area contributed by atoms with Crippen molar-refractivity contribution in [1.82, 2.24) is 14.9 Å². The van der Waals surface area contributed by atoms with Crippen molar-refractivity contribution in [3.05, 3.63) is 42.1 Å². The lowest BCUT2D eigenvalue weighted by Gasteiger charge is -2.12. The number of rotatable bonds is 8. The Labute approximate surface area is 132 Å². The standard InChI is InChI=1S/C17H25N5/c1-4-14-8-5-6-9-15(14)20-17-19-12-10-16(21-17)18-11-7-13-22(2)3/h5-6,8-10,12H,4,7,11,13H2,1-3H3,(H2,18,19,20,21). The van der Waals surface area contributed by atoms with E-state index in [0.29, 0.717) is 5.95 Å². The summed E-state index contributed by atoms with van der Waals surface area (Å²) in [5, 5.41) is 6.64. The molecule has 0 saturated carbocycles. The maximum atomic E-state index is 4.51. The van der Waals surface area contributed by atoms with Gasteiger partial charge in [0.2, 0.25) is 5.95 Å². The molecule has 22 heavy (non-hydrogen) atoms. The van der Waals surface area contributed by atoms with Crippen LogP contribution in [0.25, 0.3) is 0 Å². The summed E-state index contributed by atoms with van der Waals surface area (Å²) in [6.07, 6.45) is 3.84. The van der Waals surface area contributed by atoms with E-state index in [9.17, 15) is 0 Å². The van der Waals surface area contributed by atoms with Gasteiger partial charge in [0.15, 0.2) is 0 Å². The van der Waals surface area contributed by atoms with Gasteiger partial charge in [0.25, 0.3) is 0 Å². The van der Waals surface area contributed by atoms with Crippen molar-refractivity contribution < 1.29 is 0 Å². The number of nitrogens with one attached hydrogen (secondary N) is 2. The summed E-state index contributed by atoms with van der Waals surface area (Å²) in [6.45, 7) is 4.11. The van der Waals surface area contributed by atoms with Gasteiger partial charge < -0.3 is 15.5 Å². The van der Waals surface area contributed by atoms with Gasteiger partial charge in [-0.25, -0.2) is 4.98 Å². The lowest BCUT2D eigenvalue weighted by atomic mass is 10.1. The van der Waals surface area contributed by atoms with Gasteiger partial charge in [-0.3, -0.25) is 0 Å². The number of nitrogens with zero attached hydrogens (tertiary/aromatic N) is 3. The fourth-order valence-electron chi connectivity index (χ4n) is 2.20. The fourth-order valence-corrected chi connectivity index (χ4v) is 2.20. The number of para-hydroxylation sites is 1. The maximum Gasteiger partial charge on any atom is 0.229 e. The van der Waals surface area contributed by atoms with Crippen molar-refractivity contribution in [3.63, 3.8) is 0 Å². The minimum absolute atomic E-state index is 0.624. The quantitative estimate of drug-likeness (QED) is 0.733. The van der Waals surface area contributed by atoms with Crippen molar-refractivity contribution in [2.45, 2.75) is 19.8 Å². The van der Waals surface area contributed by atoms with Crippen LogP contribution in [0.5, 0.6) is 0 Å². The molecule has 2 aromatic rings. The van der Waals surface area contributed by atoms with Crippen LogP contribution in [-0.4, -0.2) is 42.1 Å². The summed E-state index contributed by atoms with van der Waals surface area (Å²) in [5.41, 5.74) is 2.32. The lowest BCUT2D eigenvalue weighted by molar-refractivity contribution is 0.405. The van der Waals surface area contributed by atoms with E-state index in [2.05, 4.69) is 58.7 Å². The predicted octanol–water partition coefficient (Wildman–Crippen LogP) is 3.15. The molecule has 5 heteroatoms. The molecule has 0 aliphatic heterocycles. The Morgan fingerprint density at radius 3 is 2.73 bits per heavy atom. The lowest BCUT2D eigenvalue weighted by Crippen LogP contribution is -2.16. The number of anilines is 3. The van der Waals surface area contributed by atoms with Crippen LogP contribution in [0, 0.1) is 0 Å².